The first-order valence-corrected chi connectivity index (χ1v) is 6.29. The van der Waals surface area contributed by atoms with Crippen molar-refractivity contribution in [3.63, 3.8) is 0 Å². The lowest BCUT2D eigenvalue weighted by molar-refractivity contribution is -0.122. The van der Waals surface area contributed by atoms with Gasteiger partial charge in [-0.05, 0) is 44.9 Å². The zero-order valence-corrected chi connectivity index (χ0v) is 11.8. The molecule has 0 aromatic heterocycles. The average Bonchev–Trinajstić information content (AvgIpc) is 2.14. The van der Waals surface area contributed by atoms with E-state index in [9.17, 15) is 4.79 Å². The summed E-state index contributed by atoms with van der Waals surface area (Å²) >= 11 is 12.1. The summed E-state index contributed by atoms with van der Waals surface area (Å²) in [6, 6.07) is 5.36. The lowest BCUT2D eigenvalue weighted by Crippen LogP contribution is -2.40. The van der Waals surface area contributed by atoms with Crippen LogP contribution in [0.4, 0.5) is 0 Å². The largest absolute Gasteiger partial charge is 0.351 e. The third-order valence-electron chi connectivity index (χ3n) is 2.18. The molecule has 0 saturated carbocycles. The number of benzene rings is 1. The van der Waals surface area contributed by atoms with E-state index in [1.807, 2.05) is 20.8 Å². The topological polar surface area (TPSA) is 29.1 Å². The maximum atomic E-state index is 11.7. The third kappa shape index (κ3) is 4.97. The Kier molecular flexibility index (Phi) is 4.84. The van der Waals surface area contributed by atoms with Crippen LogP contribution in [0.15, 0.2) is 18.2 Å². The van der Waals surface area contributed by atoms with Crippen molar-refractivity contribution in [2.75, 3.05) is 0 Å². The molecule has 4 heteroatoms. The van der Waals surface area contributed by atoms with Crippen LogP contribution in [0, 0.1) is 0 Å². The Bertz CT molecular complexity index is 390. The van der Waals surface area contributed by atoms with Gasteiger partial charge in [-0.15, -0.1) is 0 Å². The zero-order chi connectivity index (χ0) is 13.1. The van der Waals surface area contributed by atoms with E-state index in [-0.39, 0.29) is 11.4 Å². The average molecular weight is 274 g/mol. The highest BCUT2D eigenvalue weighted by Gasteiger charge is 2.14. The Morgan fingerprint density at radius 1 is 1.24 bits per heavy atom. The van der Waals surface area contributed by atoms with Gasteiger partial charge in [-0.2, -0.15) is 0 Å². The predicted octanol–water partition coefficient (Wildman–Crippen LogP) is 3.84. The van der Waals surface area contributed by atoms with Gasteiger partial charge in [0, 0.05) is 22.0 Å². The van der Waals surface area contributed by atoms with E-state index in [4.69, 9.17) is 23.2 Å². The molecule has 0 spiro atoms. The second-order valence-electron chi connectivity index (χ2n) is 5.00. The zero-order valence-electron chi connectivity index (χ0n) is 10.3. The van der Waals surface area contributed by atoms with Crippen LogP contribution in [0.5, 0.6) is 0 Å². The summed E-state index contributed by atoms with van der Waals surface area (Å²) in [6.07, 6.45) is 0.946. The predicted molar refractivity (Wildman–Crippen MR) is 72.7 cm³/mol. The summed E-state index contributed by atoms with van der Waals surface area (Å²) in [6.45, 7) is 5.86. The maximum Gasteiger partial charge on any atom is 0.220 e. The number of carbonyl (C=O) groups is 1. The van der Waals surface area contributed by atoms with Crippen LogP contribution in [0.1, 0.15) is 32.8 Å². The molecule has 0 atom stereocenters. The van der Waals surface area contributed by atoms with Gasteiger partial charge in [-0.1, -0.05) is 29.3 Å². The number of carbonyl (C=O) groups excluding carboxylic acids is 1. The van der Waals surface area contributed by atoms with Crippen LogP contribution in [-0.2, 0) is 11.2 Å². The number of hydrogen-bond acceptors (Lipinski definition) is 1. The number of amides is 1. The van der Waals surface area contributed by atoms with Crippen molar-refractivity contribution in [1.82, 2.24) is 5.32 Å². The van der Waals surface area contributed by atoms with Crippen molar-refractivity contribution >= 4 is 29.1 Å². The minimum absolute atomic E-state index is 0.00786. The molecule has 0 radical (unpaired) electrons. The Hall–Kier alpha value is -0.730. The second kappa shape index (κ2) is 5.74. The molecular weight excluding hydrogens is 257 g/mol. The van der Waals surface area contributed by atoms with Gasteiger partial charge in [-0.25, -0.2) is 0 Å². The molecule has 1 rings (SSSR count). The van der Waals surface area contributed by atoms with E-state index < -0.39 is 0 Å². The molecule has 0 aliphatic rings. The fourth-order valence-electron chi connectivity index (χ4n) is 1.49. The van der Waals surface area contributed by atoms with Crippen LogP contribution in [-0.4, -0.2) is 11.4 Å². The standard InChI is InChI=1S/C13H17Cl2NO/c1-13(2,3)16-12(17)8-7-9-10(14)5-4-6-11(9)15/h4-6H,7-8H2,1-3H3,(H,16,17). The molecule has 94 valence electrons. The van der Waals surface area contributed by atoms with E-state index in [1.54, 1.807) is 18.2 Å². The fraction of sp³-hybridized carbons (Fsp3) is 0.462. The number of halogens is 2. The van der Waals surface area contributed by atoms with Gasteiger partial charge in [0.15, 0.2) is 0 Å². The Morgan fingerprint density at radius 2 is 1.76 bits per heavy atom. The van der Waals surface area contributed by atoms with Crippen LogP contribution in [0.3, 0.4) is 0 Å². The van der Waals surface area contributed by atoms with E-state index >= 15 is 0 Å². The molecule has 0 aliphatic heterocycles. The molecule has 0 unspecified atom stereocenters. The lowest BCUT2D eigenvalue weighted by atomic mass is 10.1. The highest BCUT2D eigenvalue weighted by atomic mass is 35.5. The monoisotopic (exact) mass is 273 g/mol. The van der Waals surface area contributed by atoms with E-state index in [0.717, 1.165) is 5.56 Å². The molecule has 1 amide bonds. The van der Waals surface area contributed by atoms with E-state index in [2.05, 4.69) is 5.32 Å². The molecule has 1 aromatic rings. The van der Waals surface area contributed by atoms with Crippen LogP contribution in [0.2, 0.25) is 10.0 Å². The van der Waals surface area contributed by atoms with Crippen LogP contribution in [0.25, 0.3) is 0 Å². The van der Waals surface area contributed by atoms with E-state index in [0.29, 0.717) is 22.9 Å². The maximum absolute atomic E-state index is 11.7. The minimum atomic E-state index is -0.207. The first-order chi connectivity index (χ1) is 7.79. The van der Waals surface area contributed by atoms with Gasteiger partial charge in [0.25, 0.3) is 0 Å². The smallest absolute Gasteiger partial charge is 0.220 e. The number of rotatable bonds is 3. The first kappa shape index (κ1) is 14.3. The van der Waals surface area contributed by atoms with Gasteiger partial charge in [0.05, 0.1) is 0 Å². The molecular formula is C13H17Cl2NO. The normalized spacial score (nSPS) is 11.4. The van der Waals surface area contributed by atoms with Crippen LogP contribution < -0.4 is 5.32 Å². The Morgan fingerprint density at radius 3 is 2.24 bits per heavy atom. The second-order valence-corrected chi connectivity index (χ2v) is 5.81. The van der Waals surface area contributed by atoms with Crippen molar-refractivity contribution < 1.29 is 4.79 Å². The summed E-state index contributed by atoms with van der Waals surface area (Å²) in [5.41, 5.74) is 0.626. The van der Waals surface area contributed by atoms with Crippen molar-refractivity contribution in [1.29, 1.82) is 0 Å². The fourth-order valence-corrected chi connectivity index (χ4v) is 2.08. The highest BCUT2D eigenvalue weighted by Crippen LogP contribution is 2.25. The van der Waals surface area contributed by atoms with Crippen molar-refractivity contribution in [3.05, 3.63) is 33.8 Å². The molecule has 0 bridgehead atoms. The molecule has 1 N–H and O–H groups in total. The summed E-state index contributed by atoms with van der Waals surface area (Å²) in [5, 5.41) is 4.13. The summed E-state index contributed by atoms with van der Waals surface area (Å²) in [4.78, 5) is 11.7. The van der Waals surface area contributed by atoms with Gasteiger partial charge in [-0.3, -0.25) is 4.79 Å². The van der Waals surface area contributed by atoms with Gasteiger partial charge < -0.3 is 5.32 Å². The molecule has 0 heterocycles. The molecule has 0 aliphatic carbocycles. The van der Waals surface area contributed by atoms with Gasteiger partial charge in [0.2, 0.25) is 5.91 Å². The lowest BCUT2D eigenvalue weighted by Gasteiger charge is -2.20. The van der Waals surface area contributed by atoms with E-state index in [1.165, 1.54) is 0 Å². The first-order valence-electron chi connectivity index (χ1n) is 5.53. The van der Waals surface area contributed by atoms with Gasteiger partial charge in [0.1, 0.15) is 0 Å². The van der Waals surface area contributed by atoms with Gasteiger partial charge >= 0.3 is 0 Å². The molecule has 0 saturated heterocycles. The van der Waals surface area contributed by atoms with Crippen molar-refractivity contribution in [2.45, 2.75) is 39.2 Å². The summed E-state index contributed by atoms with van der Waals surface area (Å²) in [7, 11) is 0. The van der Waals surface area contributed by atoms with Crippen molar-refractivity contribution in [3.8, 4) is 0 Å². The Labute approximate surface area is 112 Å². The third-order valence-corrected chi connectivity index (χ3v) is 2.89. The number of hydrogen-bond donors (Lipinski definition) is 1. The summed E-state index contributed by atoms with van der Waals surface area (Å²) in [5.74, 6) is 0.00786. The molecule has 1 aromatic carbocycles. The van der Waals surface area contributed by atoms with Crippen molar-refractivity contribution in [2.24, 2.45) is 0 Å². The molecule has 2 nitrogen and oxygen atoms in total. The molecule has 17 heavy (non-hydrogen) atoms. The SMILES string of the molecule is CC(C)(C)NC(=O)CCc1c(Cl)cccc1Cl. The highest BCUT2D eigenvalue weighted by molar-refractivity contribution is 6.36. The number of nitrogens with one attached hydrogen (secondary N) is 1. The van der Waals surface area contributed by atoms with Crippen LogP contribution >= 0.6 is 23.2 Å². The molecule has 0 fully saturated rings. The minimum Gasteiger partial charge on any atom is -0.351 e. The quantitative estimate of drug-likeness (QED) is 0.891. The summed E-state index contributed by atoms with van der Waals surface area (Å²) < 4.78 is 0. The Balaban J connectivity index is 2.59.